The number of likely N-dealkylation sites (tertiary alicyclic amines) is 2. The van der Waals surface area contributed by atoms with Gasteiger partial charge in [0.15, 0.2) is 15.0 Å². The Morgan fingerprint density at radius 3 is 2.49 bits per heavy atom. The van der Waals surface area contributed by atoms with Crippen molar-refractivity contribution in [3.63, 3.8) is 0 Å². The predicted molar refractivity (Wildman–Crippen MR) is 142 cm³/mol. The molecule has 0 unspecified atom stereocenters. The third kappa shape index (κ3) is 5.30. The summed E-state index contributed by atoms with van der Waals surface area (Å²) in [5.41, 5.74) is 3.04. The van der Waals surface area contributed by atoms with Crippen LogP contribution in [0.1, 0.15) is 37.3 Å². The highest BCUT2D eigenvalue weighted by atomic mass is 32.2. The zero-order valence-electron chi connectivity index (χ0n) is 20.2. The molecule has 0 aliphatic carbocycles. The molecule has 0 atom stereocenters. The Balaban J connectivity index is 1.21. The number of thioether (sulfide) groups is 1. The molecule has 0 N–H and O–H groups in total. The molecule has 10 heteroatoms. The maximum absolute atomic E-state index is 13.3. The van der Waals surface area contributed by atoms with Crippen molar-refractivity contribution in [1.29, 1.82) is 0 Å². The van der Waals surface area contributed by atoms with E-state index in [0.29, 0.717) is 16.3 Å². The van der Waals surface area contributed by atoms with Crippen molar-refractivity contribution >= 4 is 49.9 Å². The van der Waals surface area contributed by atoms with Crippen molar-refractivity contribution in [1.82, 2.24) is 19.4 Å². The maximum atomic E-state index is 13.3. The Bertz CT molecular complexity index is 1290. The van der Waals surface area contributed by atoms with Crippen LogP contribution in [0.3, 0.4) is 0 Å². The van der Waals surface area contributed by atoms with Crippen molar-refractivity contribution < 1.29 is 13.2 Å². The third-order valence-electron chi connectivity index (χ3n) is 7.30. The molecule has 3 aromatic rings. The van der Waals surface area contributed by atoms with E-state index in [-0.39, 0.29) is 12.0 Å². The van der Waals surface area contributed by atoms with Gasteiger partial charge in [0.2, 0.25) is 5.91 Å². The smallest absolute Gasteiger partial charge is 0.225 e. The van der Waals surface area contributed by atoms with Gasteiger partial charge in [-0.15, -0.1) is 0 Å². The third-order valence-corrected chi connectivity index (χ3v) is 9.80. The molecule has 2 aromatic heterocycles. The first-order valence-electron chi connectivity index (χ1n) is 12.1. The highest BCUT2D eigenvalue weighted by Gasteiger charge is 2.32. The summed E-state index contributed by atoms with van der Waals surface area (Å²) < 4.78 is 26.2. The molecule has 7 nitrogen and oxygen atoms in total. The highest BCUT2D eigenvalue weighted by Crippen LogP contribution is 2.34. The zero-order chi connectivity index (χ0) is 24.6. The monoisotopic (exact) mass is 532 g/mol. The average molecular weight is 533 g/mol. The van der Waals surface area contributed by atoms with Crippen molar-refractivity contribution in [2.45, 2.75) is 48.3 Å². The van der Waals surface area contributed by atoms with E-state index in [0.717, 1.165) is 69.1 Å². The number of thiophene rings is 1. The summed E-state index contributed by atoms with van der Waals surface area (Å²) in [5, 5.41) is 5.22. The molecule has 2 aliphatic rings. The molecular formula is C25H32N4O3S3. The second-order valence-corrected chi connectivity index (χ2v) is 13.2. The number of carbonyl (C=O) groups is 1. The SMILES string of the molecule is CSc1nc2cc(S(C)(=O)=O)ccc2n1C1CCN(C(=O)C2CCN(Cc3ccsc3)CC2)CC1. The molecule has 2 aliphatic heterocycles. The van der Waals surface area contributed by atoms with Gasteiger partial charge in [-0.2, -0.15) is 11.3 Å². The fraction of sp³-hybridized carbons (Fsp3) is 0.520. The number of rotatable bonds is 6. The second kappa shape index (κ2) is 10.2. The Labute approximate surface area is 215 Å². The van der Waals surface area contributed by atoms with E-state index < -0.39 is 9.84 Å². The number of aromatic nitrogens is 2. The molecule has 4 heterocycles. The lowest BCUT2D eigenvalue weighted by Gasteiger charge is -2.38. The van der Waals surface area contributed by atoms with Gasteiger partial charge >= 0.3 is 0 Å². The van der Waals surface area contributed by atoms with Gasteiger partial charge in [-0.3, -0.25) is 9.69 Å². The number of sulfone groups is 1. The molecule has 2 saturated heterocycles. The lowest BCUT2D eigenvalue weighted by Crippen LogP contribution is -2.45. The van der Waals surface area contributed by atoms with Gasteiger partial charge < -0.3 is 9.47 Å². The minimum Gasteiger partial charge on any atom is -0.342 e. The molecule has 0 radical (unpaired) electrons. The van der Waals surface area contributed by atoms with Crippen LogP contribution in [0.4, 0.5) is 0 Å². The first-order chi connectivity index (χ1) is 16.8. The van der Waals surface area contributed by atoms with Crippen LogP contribution in [0.15, 0.2) is 45.1 Å². The molecule has 35 heavy (non-hydrogen) atoms. The average Bonchev–Trinajstić information content (AvgIpc) is 3.50. The first-order valence-corrected chi connectivity index (χ1v) is 16.2. The molecule has 1 amide bonds. The zero-order valence-corrected chi connectivity index (χ0v) is 22.7. The fourth-order valence-electron chi connectivity index (χ4n) is 5.37. The van der Waals surface area contributed by atoms with E-state index >= 15 is 0 Å². The lowest BCUT2D eigenvalue weighted by molar-refractivity contribution is -0.138. The standard InChI is InChI=1S/C25H32N4O3S3/c1-33-25-26-22-15-21(35(2,31)32)3-4-23(22)29(25)20-7-12-28(13-8-20)24(30)19-5-10-27(11-6-19)16-18-9-14-34-17-18/h3-4,9,14-15,17,19-20H,5-8,10-13,16H2,1-2H3. The number of fused-ring (bicyclic) bond motifs is 1. The van der Waals surface area contributed by atoms with Gasteiger partial charge in [-0.1, -0.05) is 11.8 Å². The number of hydrogen-bond acceptors (Lipinski definition) is 7. The molecule has 1 aromatic carbocycles. The van der Waals surface area contributed by atoms with Crippen LogP contribution in [0.25, 0.3) is 11.0 Å². The van der Waals surface area contributed by atoms with Crippen LogP contribution in [-0.4, -0.2) is 72.4 Å². The molecule has 2 fully saturated rings. The maximum Gasteiger partial charge on any atom is 0.225 e. The second-order valence-electron chi connectivity index (χ2n) is 9.63. The number of imidazole rings is 1. The van der Waals surface area contributed by atoms with Gasteiger partial charge in [0.05, 0.1) is 15.9 Å². The quantitative estimate of drug-likeness (QED) is 0.441. The molecule has 188 valence electrons. The largest absolute Gasteiger partial charge is 0.342 e. The lowest BCUT2D eigenvalue weighted by atomic mass is 9.93. The minimum absolute atomic E-state index is 0.135. The fourth-order valence-corrected chi connectivity index (χ4v) is 7.30. The first kappa shape index (κ1) is 24.8. The van der Waals surface area contributed by atoms with E-state index in [1.165, 1.54) is 11.8 Å². The van der Waals surface area contributed by atoms with Gasteiger partial charge in [-0.05, 0) is 85.6 Å². The van der Waals surface area contributed by atoms with Gasteiger partial charge in [0.1, 0.15) is 0 Å². The summed E-state index contributed by atoms with van der Waals surface area (Å²) in [7, 11) is -3.28. The van der Waals surface area contributed by atoms with Crippen LogP contribution < -0.4 is 0 Å². The highest BCUT2D eigenvalue weighted by molar-refractivity contribution is 7.98. The van der Waals surface area contributed by atoms with Crippen molar-refractivity contribution in [2.75, 3.05) is 38.7 Å². The minimum atomic E-state index is -3.28. The van der Waals surface area contributed by atoms with E-state index in [4.69, 9.17) is 4.98 Å². The van der Waals surface area contributed by atoms with Crippen LogP contribution in [0.5, 0.6) is 0 Å². The molecule has 0 bridgehead atoms. The molecule has 0 saturated carbocycles. The van der Waals surface area contributed by atoms with Gasteiger partial charge in [-0.25, -0.2) is 13.4 Å². The van der Waals surface area contributed by atoms with E-state index in [1.54, 1.807) is 35.2 Å². The van der Waals surface area contributed by atoms with Gasteiger partial charge in [0, 0.05) is 37.8 Å². The van der Waals surface area contributed by atoms with E-state index in [1.807, 2.05) is 12.3 Å². The molecule has 0 spiro atoms. The number of nitrogens with zero attached hydrogens (tertiary/aromatic N) is 4. The summed E-state index contributed by atoms with van der Waals surface area (Å²) in [5.74, 6) is 0.451. The number of benzene rings is 1. The van der Waals surface area contributed by atoms with Crippen molar-refractivity contribution in [2.24, 2.45) is 5.92 Å². The number of carbonyl (C=O) groups excluding carboxylic acids is 1. The molecule has 5 rings (SSSR count). The Morgan fingerprint density at radius 2 is 1.86 bits per heavy atom. The summed E-state index contributed by atoms with van der Waals surface area (Å²) in [4.78, 5) is 22.8. The van der Waals surface area contributed by atoms with E-state index in [9.17, 15) is 13.2 Å². The Kier molecular flexibility index (Phi) is 7.25. The van der Waals surface area contributed by atoms with Crippen LogP contribution in [0, 0.1) is 5.92 Å². The number of hydrogen-bond donors (Lipinski definition) is 0. The summed E-state index contributed by atoms with van der Waals surface area (Å²) in [6.07, 6.45) is 6.87. The van der Waals surface area contributed by atoms with Crippen molar-refractivity contribution in [3.05, 3.63) is 40.6 Å². The number of amides is 1. The summed E-state index contributed by atoms with van der Waals surface area (Å²) in [6, 6.07) is 7.65. The van der Waals surface area contributed by atoms with E-state index in [2.05, 4.69) is 31.2 Å². The normalized spacial score (nSPS) is 19.0. The number of piperidine rings is 2. The van der Waals surface area contributed by atoms with Crippen LogP contribution in [-0.2, 0) is 21.2 Å². The summed E-state index contributed by atoms with van der Waals surface area (Å²) in [6.45, 7) is 4.46. The summed E-state index contributed by atoms with van der Waals surface area (Å²) >= 11 is 3.31. The van der Waals surface area contributed by atoms with Crippen molar-refractivity contribution in [3.8, 4) is 0 Å². The topological polar surface area (TPSA) is 75.5 Å². The van der Waals surface area contributed by atoms with Crippen LogP contribution in [0.2, 0.25) is 0 Å². The Morgan fingerprint density at radius 1 is 1.11 bits per heavy atom. The predicted octanol–water partition coefficient (Wildman–Crippen LogP) is 4.30. The molecular weight excluding hydrogens is 501 g/mol. The Hall–Kier alpha value is -1.88. The van der Waals surface area contributed by atoms with Crippen LogP contribution >= 0.6 is 23.1 Å². The van der Waals surface area contributed by atoms with Gasteiger partial charge in [0.25, 0.3) is 0 Å².